The van der Waals surface area contributed by atoms with Crippen LogP contribution in [0.3, 0.4) is 0 Å². The van der Waals surface area contributed by atoms with Crippen molar-refractivity contribution in [3.05, 3.63) is 29.8 Å². The van der Waals surface area contributed by atoms with Crippen LogP contribution in [0.15, 0.2) is 24.3 Å². The predicted octanol–water partition coefficient (Wildman–Crippen LogP) is 2.08. The lowest BCUT2D eigenvalue weighted by Crippen LogP contribution is -2.34. The third-order valence-electron chi connectivity index (χ3n) is 2.97. The summed E-state index contributed by atoms with van der Waals surface area (Å²) >= 11 is 0. The number of carbonyl (C=O) groups is 1. The van der Waals surface area contributed by atoms with Crippen LogP contribution in [0.5, 0.6) is 5.75 Å². The van der Waals surface area contributed by atoms with Crippen molar-refractivity contribution in [3.8, 4) is 5.75 Å². The van der Waals surface area contributed by atoms with Crippen LogP contribution >= 0.6 is 0 Å². The topological polar surface area (TPSA) is 64.4 Å². The molecule has 0 saturated carbocycles. The highest BCUT2D eigenvalue weighted by Crippen LogP contribution is 2.13. The number of rotatable bonds is 8. The summed E-state index contributed by atoms with van der Waals surface area (Å²) in [4.78, 5) is 11.9. The first-order valence-electron chi connectivity index (χ1n) is 6.90. The van der Waals surface area contributed by atoms with Gasteiger partial charge in [0.05, 0.1) is 12.5 Å². The lowest BCUT2D eigenvalue weighted by atomic mass is 10.0. The maximum atomic E-state index is 11.9. The zero-order valence-corrected chi connectivity index (χ0v) is 11.8. The summed E-state index contributed by atoms with van der Waals surface area (Å²) in [5, 5.41) is 2.93. The van der Waals surface area contributed by atoms with Crippen LogP contribution in [0.2, 0.25) is 0 Å². The van der Waals surface area contributed by atoms with E-state index in [9.17, 15) is 4.79 Å². The second-order valence-electron chi connectivity index (χ2n) is 4.52. The van der Waals surface area contributed by atoms with Gasteiger partial charge >= 0.3 is 0 Å². The SMILES string of the molecule is CCCC(CN)C(=O)NCc1cccc(OCC)c1. The summed E-state index contributed by atoms with van der Waals surface area (Å²) in [6.07, 6.45) is 1.80. The van der Waals surface area contributed by atoms with Crippen molar-refractivity contribution in [2.75, 3.05) is 13.2 Å². The Morgan fingerprint density at radius 3 is 2.84 bits per heavy atom. The van der Waals surface area contributed by atoms with Crippen molar-refractivity contribution in [2.45, 2.75) is 33.2 Å². The molecule has 0 fully saturated rings. The van der Waals surface area contributed by atoms with Gasteiger partial charge in [0.2, 0.25) is 5.91 Å². The van der Waals surface area contributed by atoms with Crippen LogP contribution in [-0.4, -0.2) is 19.1 Å². The third kappa shape index (κ3) is 5.30. The summed E-state index contributed by atoms with van der Waals surface area (Å²) in [5.74, 6) is 0.782. The molecule has 0 aliphatic carbocycles. The van der Waals surface area contributed by atoms with Gasteiger partial charge in [0.15, 0.2) is 0 Å². The summed E-state index contributed by atoms with van der Waals surface area (Å²) in [6, 6.07) is 7.76. The molecule has 0 radical (unpaired) electrons. The van der Waals surface area contributed by atoms with Gasteiger partial charge in [-0.1, -0.05) is 25.5 Å². The molecular formula is C15H24N2O2. The van der Waals surface area contributed by atoms with Gasteiger partial charge in [-0.05, 0) is 31.0 Å². The molecule has 0 spiro atoms. The Morgan fingerprint density at radius 2 is 2.21 bits per heavy atom. The molecule has 0 bridgehead atoms. The lowest BCUT2D eigenvalue weighted by molar-refractivity contribution is -0.125. The number of hydrogen-bond donors (Lipinski definition) is 2. The number of nitrogens with two attached hydrogens (primary N) is 1. The smallest absolute Gasteiger partial charge is 0.224 e. The molecule has 19 heavy (non-hydrogen) atoms. The normalized spacial score (nSPS) is 11.9. The molecule has 106 valence electrons. The number of benzene rings is 1. The summed E-state index contributed by atoms with van der Waals surface area (Å²) in [6.45, 7) is 5.56. The molecule has 0 saturated heterocycles. The molecule has 0 aromatic heterocycles. The van der Waals surface area contributed by atoms with Gasteiger partial charge in [0.25, 0.3) is 0 Å². The van der Waals surface area contributed by atoms with Gasteiger partial charge in [-0.25, -0.2) is 0 Å². The van der Waals surface area contributed by atoms with Crippen molar-refractivity contribution >= 4 is 5.91 Å². The molecule has 1 aromatic rings. The van der Waals surface area contributed by atoms with Crippen LogP contribution in [0.25, 0.3) is 0 Å². The fourth-order valence-corrected chi connectivity index (χ4v) is 1.95. The highest BCUT2D eigenvalue weighted by molar-refractivity contribution is 5.78. The standard InChI is InChI=1S/C15H24N2O2/c1-3-6-13(10-16)15(18)17-11-12-7-5-8-14(9-12)19-4-2/h5,7-9,13H,3-4,6,10-11,16H2,1-2H3,(H,17,18). The maximum absolute atomic E-state index is 11.9. The Kier molecular flexibility index (Phi) is 6.97. The van der Waals surface area contributed by atoms with Gasteiger partial charge in [-0.15, -0.1) is 0 Å². The Labute approximate surface area is 115 Å². The first kappa shape index (κ1) is 15.5. The maximum Gasteiger partial charge on any atom is 0.224 e. The quantitative estimate of drug-likeness (QED) is 0.755. The number of nitrogens with one attached hydrogen (secondary N) is 1. The molecule has 4 nitrogen and oxygen atoms in total. The Balaban J connectivity index is 2.51. The van der Waals surface area contributed by atoms with Crippen molar-refractivity contribution < 1.29 is 9.53 Å². The summed E-state index contributed by atoms with van der Waals surface area (Å²) in [7, 11) is 0. The molecular weight excluding hydrogens is 240 g/mol. The van der Waals surface area contributed by atoms with E-state index in [2.05, 4.69) is 12.2 Å². The highest BCUT2D eigenvalue weighted by Gasteiger charge is 2.14. The zero-order valence-electron chi connectivity index (χ0n) is 11.8. The van der Waals surface area contributed by atoms with E-state index in [1.54, 1.807) is 0 Å². The minimum atomic E-state index is -0.0833. The first-order valence-corrected chi connectivity index (χ1v) is 6.90. The zero-order chi connectivity index (χ0) is 14.1. The second-order valence-corrected chi connectivity index (χ2v) is 4.52. The minimum absolute atomic E-state index is 0.0335. The van der Waals surface area contributed by atoms with Gasteiger partial charge in [0.1, 0.15) is 5.75 Å². The van der Waals surface area contributed by atoms with Gasteiger partial charge < -0.3 is 15.8 Å². The molecule has 1 unspecified atom stereocenters. The molecule has 3 N–H and O–H groups in total. The Hall–Kier alpha value is -1.55. The average molecular weight is 264 g/mol. The first-order chi connectivity index (χ1) is 9.21. The Morgan fingerprint density at radius 1 is 1.42 bits per heavy atom. The molecule has 4 heteroatoms. The molecule has 1 amide bonds. The fourth-order valence-electron chi connectivity index (χ4n) is 1.95. The number of carbonyl (C=O) groups excluding carboxylic acids is 1. The second kappa shape index (κ2) is 8.53. The summed E-state index contributed by atoms with van der Waals surface area (Å²) in [5.41, 5.74) is 6.65. The van der Waals surface area contributed by atoms with E-state index in [1.807, 2.05) is 31.2 Å². The van der Waals surface area contributed by atoms with E-state index in [1.165, 1.54) is 0 Å². The molecule has 1 rings (SSSR count). The van der Waals surface area contributed by atoms with E-state index >= 15 is 0 Å². The van der Waals surface area contributed by atoms with Crippen molar-refractivity contribution in [2.24, 2.45) is 11.7 Å². The van der Waals surface area contributed by atoms with E-state index in [0.29, 0.717) is 19.7 Å². The summed E-state index contributed by atoms with van der Waals surface area (Å²) < 4.78 is 5.43. The largest absolute Gasteiger partial charge is 0.494 e. The molecule has 1 aromatic carbocycles. The van der Waals surface area contributed by atoms with Crippen LogP contribution < -0.4 is 15.8 Å². The molecule has 0 aliphatic heterocycles. The van der Waals surface area contributed by atoms with Crippen LogP contribution in [0, 0.1) is 5.92 Å². The molecule has 0 heterocycles. The number of ether oxygens (including phenoxy) is 1. The third-order valence-corrected chi connectivity index (χ3v) is 2.97. The van der Waals surface area contributed by atoms with Gasteiger partial charge in [0, 0.05) is 13.1 Å². The monoisotopic (exact) mass is 264 g/mol. The lowest BCUT2D eigenvalue weighted by Gasteiger charge is -2.14. The molecule has 1 atom stereocenters. The van der Waals surface area contributed by atoms with Crippen LogP contribution in [0.4, 0.5) is 0 Å². The van der Waals surface area contributed by atoms with Crippen LogP contribution in [-0.2, 0) is 11.3 Å². The van der Waals surface area contributed by atoms with Gasteiger partial charge in [-0.3, -0.25) is 4.79 Å². The van der Waals surface area contributed by atoms with Crippen molar-refractivity contribution in [3.63, 3.8) is 0 Å². The van der Waals surface area contributed by atoms with Gasteiger partial charge in [-0.2, -0.15) is 0 Å². The Bertz CT molecular complexity index is 393. The average Bonchev–Trinajstić information content (AvgIpc) is 2.43. The fraction of sp³-hybridized carbons (Fsp3) is 0.533. The number of amides is 1. The number of hydrogen-bond acceptors (Lipinski definition) is 3. The van der Waals surface area contributed by atoms with E-state index in [0.717, 1.165) is 24.2 Å². The van der Waals surface area contributed by atoms with Crippen LogP contribution in [0.1, 0.15) is 32.3 Å². The minimum Gasteiger partial charge on any atom is -0.494 e. The predicted molar refractivity (Wildman–Crippen MR) is 76.9 cm³/mol. The van der Waals surface area contributed by atoms with E-state index in [4.69, 9.17) is 10.5 Å². The molecule has 0 aliphatic rings. The van der Waals surface area contributed by atoms with Crippen molar-refractivity contribution in [1.82, 2.24) is 5.32 Å². The van der Waals surface area contributed by atoms with E-state index in [-0.39, 0.29) is 11.8 Å². The van der Waals surface area contributed by atoms with E-state index < -0.39 is 0 Å². The van der Waals surface area contributed by atoms with Crippen molar-refractivity contribution in [1.29, 1.82) is 0 Å². The highest BCUT2D eigenvalue weighted by atomic mass is 16.5.